The van der Waals surface area contributed by atoms with Crippen molar-refractivity contribution >= 4 is 23.5 Å². The Hall–Kier alpha value is 0.540. The molecule has 1 aliphatic rings. The maximum Gasteiger partial charge on any atom is 0.158 e. The maximum atomic E-state index is 5.35. The van der Waals surface area contributed by atoms with Crippen LogP contribution in [0.5, 0.6) is 0 Å². The van der Waals surface area contributed by atoms with E-state index in [1.165, 1.54) is 17.9 Å². The Labute approximate surface area is 118 Å². The zero-order valence-corrected chi connectivity index (χ0v) is 13.3. The highest BCUT2D eigenvalue weighted by molar-refractivity contribution is 8.18. The molecule has 18 heavy (non-hydrogen) atoms. The molecule has 0 aromatic heterocycles. The van der Waals surface area contributed by atoms with Gasteiger partial charge in [-0.25, -0.2) is 0 Å². The summed E-state index contributed by atoms with van der Waals surface area (Å²) in [6, 6.07) is 0. The molecule has 0 saturated carbocycles. The number of methoxy groups -OCH3 is 4. The van der Waals surface area contributed by atoms with E-state index in [0.717, 1.165) is 12.8 Å². The quantitative estimate of drug-likeness (QED) is 0.641. The Kier molecular flexibility index (Phi) is 7.98. The van der Waals surface area contributed by atoms with Crippen molar-refractivity contribution < 1.29 is 18.9 Å². The Bertz CT molecular complexity index is 198. The van der Waals surface area contributed by atoms with E-state index in [1.807, 2.05) is 23.5 Å². The molecule has 0 aromatic carbocycles. The molecule has 6 heteroatoms. The number of ether oxygens (including phenoxy) is 4. The summed E-state index contributed by atoms with van der Waals surface area (Å²) in [6.07, 6.45) is 2.61. The van der Waals surface area contributed by atoms with Crippen molar-refractivity contribution in [3.8, 4) is 0 Å². The molecule has 4 nitrogen and oxygen atoms in total. The molecule has 0 amide bonds. The van der Waals surface area contributed by atoms with Gasteiger partial charge in [0, 0.05) is 41.3 Å². The van der Waals surface area contributed by atoms with Crippen LogP contribution in [-0.4, -0.2) is 56.6 Å². The topological polar surface area (TPSA) is 36.9 Å². The molecular weight excluding hydrogens is 272 g/mol. The first-order valence-electron chi connectivity index (χ1n) is 6.09. The molecule has 1 fully saturated rings. The first-order chi connectivity index (χ1) is 8.69. The van der Waals surface area contributed by atoms with E-state index in [1.54, 1.807) is 28.4 Å². The van der Waals surface area contributed by atoms with Crippen molar-refractivity contribution in [3.05, 3.63) is 0 Å². The molecule has 1 rings (SSSR count). The van der Waals surface area contributed by atoms with Crippen molar-refractivity contribution in [1.82, 2.24) is 0 Å². The average Bonchev–Trinajstić information content (AvgIpc) is 2.43. The zero-order valence-electron chi connectivity index (χ0n) is 11.6. The van der Waals surface area contributed by atoms with E-state index in [9.17, 15) is 0 Å². The monoisotopic (exact) mass is 296 g/mol. The fourth-order valence-electron chi connectivity index (χ4n) is 1.97. The van der Waals surface area contributed by atoms with E-state index in [0.29, 0.717) is 0 Å². The second-order valence-corrected chi connectivity index (χ2v) is 7.39. The molecule has 1 heterocycles. The summed E-state index contributed by atoms with van der Waals surface area (Å²) in [6.45, 7) is 0. The largest absolute Gasteiger partial charge is 0.356 e. The second kappa shape index (κ2) is 8.66. The van der Waals surface area contributed by atoms with Crippen LogP contribution in [0.4, 0.5) is 0 Å². The first-order valence-corrected chi connectivity index (χ1v) is 8.06. The van der Waals surface area contributed by atoms with Gasteiger partial charge < -0.3 is 18.9 Å². The lowest BCUT2D eigenvalue weighted by Gasteiger charge is -2.39. The highest BCUT2D eigenvalue weighted by atomic mass is 32.2. The molecule has 0 N–H and O–H groups in total. The van der Waals surface area contributed by atoms with Crippen LogP contribution in [0.3, 0.4) is 0 Å². The molecule has 0 atom stereocenters. The van der Waals surface area contributed by atoms with Crippen molar-refractivity contribution in [2.45, 2.75) is 35.9 Å². The van der Waals surface area contributed by atoms with Gasteiger partial charge in [0.2, 0.25) is 0 Å². The lowest BCUT2D eigenvalue weighted by molar-refractivity contribution is -0.124. The van der Waals surface area contributed by atoms with Gasteiger partial charge in [0.05, 0.1) is 4.08 Å². The van der Waals surface area contributed by atoms with Gasteiger partial charge in [-0.05, 0) is 17.9 Å². The van der Waals surface area contributed by atoms with Crippen LogP contribution in [0.15, 0.2) is 0 Å². The van der Waals surface area contributed by atoms with E-state index in [4.69, 9.17) is 18.9 Å². The van der Waals surface area contributed by atoms with Crippen LogP contribution in [0, 0.1) is 0 Å². The Morgan fingerprint density at radius 3 is 1.56 bits per heavy atom. The minimum Gasteiger partial charge on any atom is -0.356 e. The van der Waals surface area contributed by atoms with Crippen LogP contribution in [0.2, 0.25) is 0 Å². The summed E-state index contributed by atoms with van der Waals surface area (Å²) in [4.78, 5) is 0. The highest BCUT2D eigenvalue weighted by Gasteiger charge is 2.39. The molecule has 1 aliphatic heterocycles. The van der Waals surface area contributed by atoms with Gasteiger partial charge in [0.1, 0.15) is 0 Å². The summed E-state index contributed by atoms with van der Waals surface area (Å²) in [7, 11) is 6.74. The maximum absolute atomic E-state index is 5.35. The highest BCUT2D eigenvalue weighted by Crippen LogP contribution is 2.49. The summed E-state index contributed by atoms with van der Waals surface area (Å²) in [5.74, 6) is 2.35. The van der Waals surface area contributed by atoms with Crippen LogP contribution in [0.1, 0.15) is 19.3 Å². The van der Waals surface area contributed by atoms with Gasteiger partial charge in [-0.3, -0.25) is 0 Å². The van der Waals surface area contributed by atoms with E-state index < -0.39 is 0 Å². The summed E-state index contributed by atoms with van der Waals surface area (Å²) in [5, 5.41) is 0. The Morgan fingerprint density at radius 2 is 1.22 bits per heavy atom. The lowest BCUT2D eigenvalue weighted by atomic mass is 10.2. The van der Waals surface area contributed by atoms with Crippen LogP contribution >= 0.6 is 23.5 Å². The molecule has 0 radical (unpaired) electrons. The Balaban J connectivity index is 2.67. The fraction of sp³-hybridized carbons (Fsp3) is 1.00. The minimum atomic E-state index is -0.169. The lowest BCUT2D eigenvalue weighted by Crippen LogP contribution is -2.36. The summed E-state index contributed by atoms with van der Waals surface area (Å²) < 4.78 is 21.4. The zero-order chi connectivity index (χ0) is 13.4. The molecule has 108 valence electrons. The molecule has 0 spiro atoms. The van der Waals surface area contributed by atoms with Crippen molar-refractivity contribution in [2.75, 3.05) is 39.9 Å². The van der Waals surface area contributed by atoms with Crippen molar-refractivity contribution in [3.63, 3.8) is 0 Å². The third-order valence-electron chi connectivity index (χ3n) is 3.03. The van der Waals surface area contributed by atoms with Gasteiger partial charge in [-0.1, -0.05) is 0 Å². The second-order valence-electron chi connectivity index (χ2n) is 4.17. The third kappa shape index (κ3) is 4.90. The summed E-state index contributed by atoms with van der Waals surface area (Å²) >= 11 is 3.94. The van der Waals surface area contributed by atoms with Gasteiger partial charge in [0.15, 0.2) is 12.6 Å². The molecule has 0 aromatic rings. The SMILES string of the molecule is COC(CC1(CC(OC)OC)SCCCS1)OC. The smallest absolute Gasteiger partial charge is 0.158 e. The summed E-state index contributed by atoms with van der Waals surface area (Å²) in [5.41, 5.74) is 0. The average molecular weight is 296 g/mol. The molecule has 0 bridgehead atoms. The standard InChI is InChI=1S/C12H24O4S2/c1-13-10(14-2)8-12(9-11(15-3)16-4)17-6-5-7-18-12/h10-11H,5-9H2,1-4H3. The number of hydrogen-bond acceptors (Lipinski definition) is 6. The van der Waals surface area contributed by atoms with E-state index >= 15 is 0 Å². The normalized spacial score (nSPS) is 19.7. The predicted molar refractivity (Wildman–Crippen MR) is 77.1 cm³/mol. The first kappa shape index (κ1) is 16.6. The van der Waals surface area contributed by atoms with Gasteiger partial charge in [-0.2, -0.15) is 0 Å². The van der Waals surface area contributed by atoms with Gasteiger partial charge in [0.25, 0.3) is 0 Å². The molecule has 0 unspecified atom stereocenters. The minimum absolute atomic E-state index is 0.0611. The number of rotatable bonds is 8. The number of hydrogen-bond donors (Lipinski definition) is 0. The van der Waals surface area contributed by atoms with Gasteiger partial charge in [-0.15, -0.1) is 23.5 Å². The van der Waals surface area contributed by atoms with Crippen molar-refractivity contribution in [2.24, 2.45) is 0 Å². The Morgan fingerprint density at radius 1 is 0.833 bits per heavy atom. The van der Waals surface area contributed by atoms with Gasteiger partial charge >= 0.3 is 0 Å². The molecular formula is C12H24O4S2. The van der Waals surface area contributed by atoms with E-state index in [-0.39, 0.29) is 16.7 Å². The fourth-order valence-corrected chi connectivity index (χ4v) is 5.32. The van der Waals surface area contributed by atoms with Crippen LogP contribution < -0.4 is 0 Å². The third-order valence-corrected chi connectivity index (χ3v) is 6.44. The van der Waals surface area contributed by atoms with Crippen LogP contribution in [-0.2, 0) is 18.9 Å². The van der Waals surface area contributed by atoms with Crippen LogP contribution in [0.25, 0.3) is 0 Å². The molecule has 1 saturated heterocycles. The molecule has 0 aliphatic carbocycles. The number of thioether (sulfide) groups is 2. The van der Waals surface area contributed by atoms with E-state index in [2.05, 4.69) is 0 Å². The predicted octanol–water partition coefficient (Wildman–Crippen LogP) is 2.57. The van der Waals surface area contributed by atoms with Crippen molar-refractivity contribution in [1.29, 1.82) is 0 Å².